The third-order valence-electron chi connectivity index (χ3n) is 6.63. The summed E-state index contributed by atoms with van der Waals surface area (Å²) in [5.74, 6) is 0.731. The molecule has 1 fully saturated rings. The van der Waals surface area contributed by atoms with Crippen LogP contribution in [0, 0.1) is 17.2 Å². The monoisotopic (exact) mass is 365 g/mol. The molecule has 27 heavy (non-hydrogen) atoms. The van der Waals surface area contributed by atoms with Crippen LogP contribution in [0.15, 0.2) is 48.5 Å². The molecule has 1 saturated carbocycles. The van der Waals surface area contributed by atoms with E-state index < -0.39 is 0 Å². The van der Waals surface area contributed by atoms with E-state index in [2.05, 4.69) is 32.0 Å². The molecule has 2 aromatic rings. The normalized spacial score (nSPS) is 27.0. The standard InChI is InChI=1S/C24H28FNO/c1-3-24(14-17(2)15-24)16-22(27)26-13-12-18-6-4-5-7-21(18)23(26)19-8-10-20(25)11-9-19/h4-11,17,23H,3,12-16H2,1-2H3/t17?,23-,24?/m0/s1. The summed E-state index contributed by atoms with van der Waals surface area (Å²) in [6.07, 6.45) is 4.89. The SMILES string of the molecule is CCC1(CC(=O)N2CCc3ccccc3[C@@H]2c2ccc(F)cc2)CC(C)C1. The summed E-state index contributed by atoms with van der Waals surface area (Å²) in [4.78, 5) is 15.4. The molecule has 2 aromatic carbocycles. The average molecular weight is 365 g/mol. The lowest BCUT2D eigenvalue weighted by molar-refractivity contribution is -0.138. The van der Waals surface area contributed by atoms with E-state index in [1.807, 2.05) is 23.1 Å². The quantitative estimate of drug-likeness (QED) is 0.699. The number of benzene rings is 2. The molecule has 2 aliphatic rings. The highest BCUT2D eigenvalue weighted by Crippen LogP contribution is 2.51. The van der Waals surface area contributed by atoms with Crippen LogP contribution in [0.2, 0.25) is 0 Å². The van der Waals surface area contributed by atoms with E-state index in [1.54, 1.807) is 0 Å². The molecule has 1 amide bonds. The summed E-state index contributed by atoms with van der Waals surface area (Å²) >= 11 is 0. The van der Waals surface area contributed by atoms with E-state index >= 15 is 0 Å². The van der Waals surface area contributed by atoms with Gasteiger partial charge >= 0.3 is 0 Å². The molecule has 0 radical (unpaired) electrons. The number of rotatable bonds is 4. The highest BCUT2D eigenvalue weighted by atomic mass is 19.1. The van der Waals surface area contributed by atoms with Crippen molar-refractivity contribution < 1.29 is 9.18 Å². The van der Waals surface area contributed by atoms with Gasteiger partial charge in [0.05, 0.1) is 6.04 Å². The Morgan fingerprint density at radius 3 is 2.52 bits per heavy atom. The number of hydrogen-bond donors (Lipinski definition) is 0. The lowest BCUT2D eigenvalue weighted by Crippen LogP contribution is -2.45. The molecule has 142 valence electrons. The van der Waals surface area contributed by atoms with Crippen LogP contribution in [0.4, 0.5) is 4.39 Å². The third-order valence-corrected chi connectivity index (χ3v) is 6.63. The van der Waals surface area contributed by atoms with Crippen molar-refractivity contribution in [2.24, 2.45) is 11.3 Å². The molecular formula is C24H28FNO. The molecule has 0 bridgehead atoms. The predicted octanol–water partition coefficient (Wildman–Crippen LogP) is 5.52. The minimum atomic E-state index is -0.242. The van der Waals surface area contributed by atoms with Gasteiger partial charge in [0.1, 0.15) is 5.82 Å². The van der Waals surface area contributed by atoms with Crippen molar-refractivity contribution in [3.8, 4) is 0 Å². The van der Waals surface area contributed by atoms with Gasteiger partial charge in [-0.05, 0) is 65.8 Å². The van der Waals surface area contributed by atoms with Crippen LogP contribution in [0.5, 0.6) is 0 Å². The van der Waals surface area contributed by atoms with E-state index in [4.69, 9.17) is 0 Å². The molecular weight excluding hydrogens is 337 g/mol. The molecule has 0 spiro atoms. The molecule has 0 unspecified atom stereocenters. The van der Waals surface area contributed by atoms with Crippen LogP contribution in [-0.2, 0) is 11.2 Å². The van der Waals surface area contributed by atoms with Crippen LogP contribution in [-0.4, -0.2) is 17.4 Å². The van der Waals surface area contributed by atoms with Crippen LogP contribution < -0.4 is 0 Å². The van der Waals surface area contributed by atoms with Gasteiger partial charge in [0.15, 0.2) is 0 Å². The fraction of sp³-hybridized carbons (Fsp3) is 0.458. The number of carbonyl (C=O) groups is 1. The molecule has 4 rings (SSSR count). The highest BCUT2D eigenvalue weighted by molar-refractivity contribution is 5.78. The molecule has 1 heterocycles. The summed E-state index contributed by atoms with van der Waals surface area (Å²) in [5, 5.41) is 0. The van der Waals surface area contributed by atoms with Crippen LogP contribution >= 0.6 is 0 Å². The zero-order valence-corrected chi connectivity index (χ0v) is 16.2. The molecule has 0 N–H and O–H groups in total. The Hall–Kier alpha value is -2.16. The van der Waals surface area contributed by atoms with E-state index in [-0.39, 0.29) is 23.2 Å². The average Bonchev–Trinajstić information content (AvgIpc) is 2.66. The van der Waals surface area contributed by atoms with Gasteiger partial charge in [0.2, 0.25) is 5.91 Å². The van der Waals surface area contributed by atoms with Gasteiger partial charge in [-0.3, -0.25) is 4.79 Å². The number of fused-ring (bicyclic) bond motifs is 1. The Kier molecular flexibility index (Phi) is 4.79. The number of amides is 1. The zero-order valence-electron chi connectivity index (χ0n) is 16.2. The molecule has 0 aromatic heterocycles. The number of carbonyl (C=O) groups excluding carboxylic acids is 1. The van der Waals surface area contributed by atoms with Gasteiger partial charge < -0.3 is 4.90 Å². The third kappa shape index (κ3) is 3.40. The molecule has 3 heteroatoms. The molecule has 0 saturated heterocycles. The van der Waals surface area contributed by atoms with E-state index in [1.165, 1.54) is 23.3 Å². The maximum absolute atomic E-state index is 13.5. The van der Waals surface area contributed by atoms with E-state index in [0.717, 1.165) is 43.7 Å². The smallest absolute Gasteiger partial charge is 0.223 e. The summed E-state index contributed by atoms with van der Waals surface area (Å²) in [6.45, 7) is 5.21. The molecule has 1 aliphatic heterocycles. The minimum Gasteiger partial charge on any atom is -0.331 e. The number of nitrogens with zero attached hydrogens (tertiary/aromatic N) is 1. The Morgan fingerprint density at radius 2 is 1.85 bits per heavy atom. The summed E-state index contributed by atoms with van der Waals surface area (Å²) in [7, 11) is 0. The van der Waals surface area contributed by atoms with Crippen molar-refractivity contribution >= 4 is 5.91 Å². The second-order valence-electron chi connectivity index (χ2n) is 8.53. The Labute approximate surface area is 161 Å². The Bertz CT molecular complexity index is 823. The first-order valence-corrected chi connectivity index (χ1v) is 10.1. The van der Waals surface area contributed by atoms with E-state index in [9.17, 15) is 9.18 Å². The first-order valence-electron chi connectivity index (χ1n) is 10.1. The van der Waals surface area contributed by atoms with Crippen molar-refractivity contribution in [3.63, 3.8) is 0 Å². The highest BCUT2D eigenvalue weighted by Gasteiger charge is 2.44. The second-order valence-corrected chi connectivity index (χ2v) is 8.53. The largest absolute Gasteiger partial charge is 0.331 e. The fourth-order valence-electron chi connectivity index (χ4n) is 5.24. The van der Waals surface area contributed by atoms with Crippen molar-refractivity contribution in [1.29, 1.82) is 0 Å². The topological polar surface area (TPSA) is 20.3 Å². The van der Waals surface area contributed by atoms with Gasteiger partial charge in [-0.1, -0.05) is 50.2 Å². The molecule has 1 atom stereocenters. The zero-order chi connectivity index (χ0) is 19.0. The number of halogens is 1. The molecule has 2 nitrogen and oxygen atoms in total. The van der Waals surface area contributed by atoms with Gasteiger partial charge in [-0.15, -0.1) is 0 Å². The summed E-state index contributed by atoms with van der Waals surface area (Å²) in [5.41, 5.74) is 3.64. The lowest BCUT2D eigenvalue weighted by Gasteiger charge is -2.48. The predicted molar refractivity (Wildman–Crippen MR) is 106 cm³/mol. The van der Waals surface area contributed by atoms with Gasteiger partial charge in [0, 0.05) is 13.0 Å². The van der Waals surface area contributed by atoms with Crippen LogP contribution in [0.25, 0.3) is 0 Å². The molecule has 1 aliphatic carbocycles. The van der Waals surface area contributed by atoms with Crippen LogP contribution in [0.3, 0.4) is 0 Å². The Balaban J connectivity index is 1.66. The fourth-order valence-corrected chi connectivity index (χ4v) is 5.24. The first-order chi connectivity index (χ1) is 13.0. The van der Waals surface area contributed by atoms with Crippen LogP contribution in [0.1, 0.15) is 62.3 Å². The van der Waals surface area contributed by atoms with Crippen molar-refractivity contribution in [2.45, 2.75) is 52.0 Å². The summed E-state index contributed by atoms with van der Waals surface area (Å²) < 4.78 is 13.5. The van der Waals surface area contributed by atoms with Crippen molar-refractivity contribution in [2.75, 3.05) is 6.54 Å². The van der Waals surface area contributed by atoms with Gasteiger partial charge in [-0.2, -0.15) is 0 Å². The first kappa shape index (κ1) is 18.2. The maximum Gasteiger partial charge on any atom is 0.223 e. The Morgan fingerprint density at radius 1 is 1.15 bits per heavy atom. The van der Waals surface area contributed by atoms with E-state index in [0.29, 0.717) is 6.42 Å². The minimum absolute atomic E-state index is 0.116. The summed E-state index contributed by atoms with van der Waals surface area (Å²) in [6, 6.07) is 14.9. The van der Waals surface area contributed by atoms with Crippen molar-refractivity contribution in [1.82, 2.24) is 4.90 Å². The number of hydrogen-bond acceptors (Lipinski definition) is 1. The van der Waals surface area contributed by atoms with Crippen molar-refractivity contribution in [3.05, 3.63) is 71.0 Å². The van der Waals surface area contributed by atoms with Gasteiger partial charge in [-0.25, -0.2) is 4.39 Å². The van der Waals surface area contributed by atoms with Gasteiger partial charge in [0.25, 0.3) is 0 Å². The second kappa shape index (κ2) is 7.10. The lowest BCUT2D eigenvalue weighted by atomic mass is 9.59. The maximum atomic E-state index is 13.5.